The number of nitrogens with zero attached hydrogens (tertiary/aromatic N) is 1. The second kappa shape index (κ2) is 10.7. The molecule has 5 rings (SSSR count). The number of unbranched alkanes of at least 4 members (excludes halogenated alkanes) is 4. The van der Waals surface area contributed by atoms with Gasteiger partial charge in [0.15, 0.2) is 0 Å². The number of thioether (sulfide) groups is 1. The number of benzene rings is 1. The lowest BCUT2D eigenvalue weighted by molar-refractivity contribution is -0.136. The predicted molar refractivity (Wildman–Crippen MR) is 145 cm³/mol. The average Bonchev–Trinajstić information content (AvgIpc) is 3.37. The number of carbonyl (C=O) groups is 3. The monoisotopic (exact) mass is 526 g/mol. The van der Waals surface area contributed by atoms with E-state index in [1.807, 2.05) is 23.9 Å². The van der Waals surface area contributed by atoms with Crippen LogP contribution in [0.2, 0.25) is 0 Å². The summed E-state index contributed by atoms with van der Waals surface area (Å²) in [5, 5.41) is 2.36. The first-order valence-corrected chi connectivity index (χ1v) is 15.2. The summed E-state index contributed by atoms with van der Waals surface area (Å²) in [5.74, 6) is 1.18. The van der Waals surface area contributed by atoms with Crippen LogP contribution in [0.3, 0.4) is 0 Å². The van der Waals surface area contributed by atoms with Crippen LogP contribution in [0.4, 0.5) is 0 Å². The summed E-state index contributed by atoms with van der Waals surface area (Å²) in [6.07, 6.45) is 11.2. The fourth-order valence-electron chi connectivity index (χ4n) is 7.17. The molecule has 2 saturated carbocycles. The molecule has 4 atom stereocenters. The van der Waals surface area contributed by atoms with Gasteiger partial charge in [-0.1, -0.05) is 40.0 Å². The number of rotatable bonds is 11. The number of hydrogen-bond donors (Lipinski definition) is 1. The molecule has 0 aromatic heterocycles. The quantitative estimate of drug-likeness (QED) is 0.227. The third kappa shape index (κ3) is 5.10. The second-order valence-electron chi connectivity index (χ2n) is 12.3. The van der Waals surface area contributed by atoms with Crippen molar-refractivity contribution in [1.29, 1.82) is 0 Å². The molecule has 0 spiro atoms. The van der Waals surface area contributed by atoms with E-state index in [-0.39, 0.29) is 24.1 Å². The van der Waals surface area contributed by atoms with Crippen LogP contribution >= 0.6 is 11.8 Å². The van der Waals surface area contributed by atoms with E-state index in [9.17, 15) is 14.4 Å². The van der Waals surface area contributed by atoms with Gasteiger partial charge < -0.3 is 9.64 Å². The van der Waals surface area contributed by atoms with E-state index in [4.69, 9.17) is 4.74 Å². The van der Waals surface area contributed by atoms with Gasteiger partial charge in [0.25, 0.3) is 5.91 Å². The minimum atomic E-state index is -0.553. The molecule has 1 saturated heterocycles. The van der Waals surface area contributed by atoms with E-state index in [1.165, 1.54) is 49.8 Å². The zero-order valence-electron chi connectivity index (χ0n) is 22.6. The number of amides is 3. The molecular formula is C30H42N2O4S. The smallest absolute Gasteiger partial charge is 0.255 e. The van der Waals surface area contributed by atoms with Gasteiger partial charge in [0, 0.05) is 30.0 Å². The number of ether oxygens (including phenoxy) is 1. The molecule has 4 aliphatic rings. The van der Waals surface area contributed by atoms with Gasteiger partial charge in [-0.3, -0.25) is 19.7 Å². The fourth-order valence-corrected chi connectivity index (χ4v) is 8.15. The molecule has 2 heterocycles. The number of fused-ring (bicyclic) bond motifs is 3. The van der Waals surface area contributed by atoms with Crippen LogP contribution in [-0.2, 0) is 20.9 Å². The van der Waals surface area contributed by atoms with Gasteiger partial charge in [-0.25, -0.2) is 0 Å². The van der Waals surface area contributed by atoms with Crippen molar-refractivity contribution < 1.29 is 19.1 Å². The van der Waals surface area contributed by atoms with Gasteiger partial charge in [0.1, 0.15) is 6.04 Å². The summed E-state index contributed by atoms with van der Waals surface area (Å²) in [6.45, 7) is 8.70. The molecule has 6 nitrogen and oxygen atoms in total. The van der Waals surface area contributed by atoms with E-state index >= 15 is 0 Å². The number of nitrogens with one attached hydrogen (secondary N) is 1. The van der Waals surface area contributed by atoms with Gasteiger partial charge in [-0.15, -0.1) is 11.8 Å². The van der Waals surface area contributed by atoms with Crippen molar-refractivity contribution in [2.24, 2.45) is 16.7 Å². The van der Waals surface area contributed by atoms with Crippen molar-refractivity contribution in [1.82, 2.24) is 10.2 Å². The van der Waals surface area contributed by atoms with Crippen LogP contribution < -0.4 is 5.32 Å². The Bertz CT molecular complexity index is 1060. The molecule has 7 heteroatoms. The predicted octanol–water partition coefficient (Wildman–Crippen LogP) is 5.72. The third-order valence-corrected chi connectivity index (χ3v) is 11.2. The third-order valence-electron chi connectivity index (χ3n) is 10.1. The minimum Gasteiger partial charge on any atom is -0.378 e. The molecule has 2 aliphatic carbocycles. The summed E-state index contributed by atoms with van der Waals surface area (Å²) in [5.41, 5.74) is 2.45. The molecule has 37 heavy (non-hydrogen) atoms. The van der Waals surface area contributed by atoms with E-state index in [0.29, 0.717) is 35.5 Å². The van der Waals surface area contributed by atoms with Gasteiger partial charge >= 0.3 is 0 Å². The van der Waals surface area contributed by atoms with E-state index < -0.39 is 6.04 Å². The molecule has 202 valence electrons. The Kier molecular flexibility index (Phi) is 7.75. The zero-order valence-corrected chi connectivity index (χ0v) is 23.5. The van der Waals surface area contributed by atoms with Gasteiger partial charge in [-0.05, 0) is 84.8 Å². The van der Waals surface area contributed by atoms with Crippen LogP contribution in [0.5, 0.6) is 0 Å². The molecular weight excluding hydrogens is 484 g/mol. The molecule has 1 N–H and O–H groups in total. The van der Waals surface area contributed by atoms with Crippen molar-refractivity contribution in [3.05, 3.63) is 29.3 Å². The molecule has 2 bridgehead atoms. The Balaban J connectivity index is 0.971. The Morgan fingerprint density at radius 2 is 1.84 bits per heavy atom. The summed E-state index contributed by atoms with van der Waals surface area (Å²) in [7, 11) is 0. The van der Waals surface area contributed by atoms with Gasteiger partial charge in [0.05, 0.1) is 6.10 Å². The standard InChI is InChI=1S/C30H42N2O4S/c1-29(2)21-13-14-30(29,3)25(18-21)36-15-7-5-4-6-8-16-37-22-9-10-23-20(17-22)19-32(28(23)35)24-11-12-26(33)31-27(24)34/h9-10,17,21,24-25H,4-8,11-16,18-19H2,1-3H3,(H,31,33,34)/t21-,24?,25+,30+/m1/s1. The van der Waals surface area contributed by atoms with Crippen molar-refractivity contribution in [2.45, 2.75) is 109 Å². The van der Waals surface area contributed by atoms with Crippen LogP contribution in [-0.4, -0.2) is 47.1 Å². The number of imide groups is 1. The minimum absolute atomic E-state index is 0.108. The summed E-state index contributed by atoms with van der Waals surface area (Å²) < 4.78 is 6.39. The van der Waals surface area contributed by atoms with Gasteiger partial charge in [0.2, 0.25) is 11.8 Å². The molecule has 3 amide bonds. The first kappa shape index (κ1) is 26.7. The van der Waals surface area contributed by atoms with E-state index in [1.54, 1.807) is 4.90 Å². The Morgan fingerprint density at radius 3 is 2.57 bits per heavy atom. The maximum atomic E-state index is 12.8. The molecule has 0 radical (unpaired) electrons. The van der Waals surface area contributed by atoms with E-state index in [2.05, 4.69) is 32.2 Å². The van der Waals surface area contributed by atoms with Crippen molar-refractivity contribution in [2.75, 3.05) is 12.4 Å². The zero-order chi connectivity index (χ0) is 26.2. The maximum absolute atomic E-state index is 12.8. The highest BCUT2D eigenvalue weighted by atomic mass is 32.2. The lowest BCUT2D eigenvalue weighted by Crippen LogP contribution is -2.52. The topological polar surface area (TPSA) is 75.7 Å². The van der Waals surface area contributed by atoms with Crippen LogP contribution in [0, 0.1) is 16.7 Å². The highest BCUT2D eigenvalue weighted by Crippen LogP contribution is 2.66. The summed E-state index contributed by atoms with van der Waals surface area (Å²) >= 11 is 1.84. The highest BCUT2D eigenvalue weighted by Gasteiger charge is 2.61. The molecule has 2 aliphatic heterocycles. The summed E-state index contributed by atoms with van der Waals surface area (Å²) in [6, 6.07) is 5.45. The molecule has 1 aromatic rings. The Hall–Kier alpha value is -1.86. The van der Waals surface area contributed by atoms with Gasteiger partial charge in [-0.2, -0.15) is 0 Å². The Labute approximate surface area is 225 Å². The normalized spacial score (nSPS) is 30.2. The van der Waals surface area contributed by atoms with Crippen molar-refractivity contribution >= 4 is 29.5 Å². The molecule has 1 aromatic carbocycles. The molecule has 3 fully saturated rings. The highest BCUT2D eigenvalue weighted by molar-refractivity contribution is 7.99. The lowest BCUT2D eigenvalue weighted by Gasteiger charge is -2.39. The largest absolute Gasteiger partial charge is 0.378 e. The van der Waals surface area contributed by atoms with Crippen molar-refractivity contribution in [3.8, 4) is 0 Å². The second-order valence-corrected chi connectivity index (χ2v) is 13.5. The van der Waals surface area contributed by atoms with Crippen LogP contribution in [0.25, 0.3) is 0 Å². The number of piperidine rings is 1. The first-order chi connectivity index (χ1) is 17.7. The average molecular weight is 527 g/mol. The molecule has 1 unspecified atom stereocenters. The number of hydrogen-bond acceptors (Lipinski definition) is 5. The van der Waals surface area contributed by atoms with E-state index in [0.717, 1.165) is 30.3 Å². The van der Waals surface area contributed by atoms with Crippen molar-refractivity contribution in [3.63, 3.8) is 0 Å². The maximum Gasteiger partial charge on any atom is 0.255 e. The van der Waals surface area contributed by atoms with Crippen LogP contribution in [0.1, 0.15) is 101 Å². The summed E-state index contributed by atoms with van der Waals surface area (Å²) in [4.78, 5) is 39.3. The lowest BCUT2D eigenvalue weighted by atomic mass is 9.70. The number of carbonyl (C=O) groups excluding carboxylic acids is 3. The fraction of sp³-hybridized carbons (Fsp3) is 0.700. The Morgan fingerprint density at radius 1 is 1.05 bits per heavy atom. The SMILES string of the molecule is CC1(C)[C@@H]2CC[C@@]1(C)[C@@H](OCCCCCCCSc1ccc3c(c1)CN(C1CCC(=O)NC1=O)C3=O)C2. The first-order valence-electron chi connectivity index (χ1n) is 14.2. The van der Waals surface area contributed by atoms with Crippen LogP contribution in [0.15, 0.2) is 23.1 Å².